The van der Waals surface area contributed by atoms with Crippen molar-refractivity contribution < 1.29 is 14.4 Å². The van der Waals surface area contributed by atoms with E-state index >= 15 is 0 Å². The van der Waals surface area contributed by atoms with E-state index in [4.69, 9.17) is 9.83 Å². The molecule has 10 heteroatoms. The fraction of sp³-hybridized carbons (Fsp3) is 0.667. The lowest BCUT2D eigenvalue weighted by Gasteiger charge is -2.46. The van der Waals surface area contributed by atoms with E-state index in [2.05, 4.69) is 89.2 Å². The highest BCUT2D eigenvalue weighted by Crippen LogP contribution is 2.48. The lowest BCUT2D eigenvalue weighted by molar-refractivity contribution is -0.130. The van der Waals surface area contributed by atoms with Crippen LogP contribution in [-0.2, 0) is 21.5 Å². The summed E-state index contributed by atoms with van der Waals surface area (Å²) in [5, 5.41) is 21.2. The number of aryl methyl sites for hydroxylation is 1. The Bertz CT molecular complexity index is 1570. The smallest absolute Gasteiger partial charge is 0.251 e. The van der Waals surface area contributed by atoms with Crippen molar-refractivity contribution in [1.29, 1.82) is 5.26 Å². The van der Waals surface area contributed by atoms with Gasteiger partial charge in [-0.1, -0.05) is 97.9 Å². The highest BCUT2D eigenvalue weighted by Gasteiger charge is 2.48. The number of carbonyl (C=O) groups excluding carboxylic acids is 2. The summed E-state index contributed by atoms with van der Waals surface area (Å²) in [6, 6.07) is 7.93. The van der Waals surface area contributed by atoms with Gasteiger partial charge in [-0.05, 0) is 100 Å². The number of rotatable bonds is 19. The predicted molar refractivity (Wildman–Crippen MR) is 244 cm³/mol. The van der Waals surface area contributed by atoms with Crippen LogP contribution in [0, 0.1) is 11.3 Å². The molecule has 1 heterocycles. The maximum absolute atomic E-state index is 13.4. The third-order valence-corrected chi connectivity index (χ3v) is 11.1. The molecule has 1 fully saturated rings. The van der Waals surface area contributed by atoms with Crippen molar-refractivity contribution in [2.24, 2.45) is 4.99 Å². The molecule has 1 saturated heterocycles. The Labute approximate surface area is 354 Å². The minimum absolute atomic E-state index is 0.0397. The van der Waals surface area contributed by atoms with Crippen LogP contribution in [0.1, 0.15) is 161 Å². The molecule has 0 radical (unpaired) electrons. The highest BCUT2D eigenvalue weighted by atomic mass is 16.7. The van der Waals surface area contributed by atoms with Gasteiger partial charge in [-0.15, -0.1) is 0 Å². The molecule has 0 bridgehead atoms. The number of hydrogen-bond acceptors (Lipinski definition) is 7. The van der Waals surface area contributed by atoms with Crippen LogP contribution in [0.2, 0.25) is 0 Å². The van der Waals surface area contributed by atoms with Crippen LogP contribution < -0.4 is 16.0 Å². The summed E-state index contributed by atoms with van der Waals surface area (Å²) in [6.07, 6.45) is 14.5. The van der Waals surface area contributed by atoms with Gasteiger partial charge >= 0.3 is 0 Å². The standard InChI is InChI=1S/C41H63N7O3.C5H12.C2H6/c1-11-14-31(6)48(51-10)40(45-9)41(25-30(5)46-27-38(49)47-21-13-16-35(47)26-42)36(15-12-2)32(23-28(3)22-29(4)43-7)17-18-33-24-34(39(50)44-8)19-20-37(33)41;1-3-5-4-2;1-2/h19-20,23-24,30-31,35,43,46H,4,11-18,21-22,25,27H2,1-3,5-10H3,(H,44,50);3-5H2,1-2H3;1-2H3/b28-23+,45-40?;;/t30-,31?,35?,41?;;/m1../s1. The van der Waals surface area contributed by atoms with Gasteiger partial charge in [0.25, 0.3) is 5.91 Å². The number of benzene rings is 1. The van der Waals surface area contributed by atoms with Gasteiger partial charge in [0.1, 0.15) is 11.9 Å². The zero-order valence-corrected chi connectivity index (χ0v) is 38.9. The molecule has 2 aliphatic rings. The number of nitrogens with one attached hydrogen (secondary N) is 3. The number of allylic oxidation sites excluding steroid dienone is 3. The first-order chi connectivity index (χ1) is 27.9. The van der Waals surface area contributed by atoms with E-state index in [-0.39, 0.29) is 36.5 Å². The second-order valence-electron chi connectivity index (χ2n) is 15.5. The van der Waals surface area contributed by atoms with Gasteiger partial charge in [0, 0.05) is 51.4 Å². The first kappa shape index (κ1) is 52.1. The molecule has 1 aliphatic heterocycles. The van der Waals surface area contributed by atoms with Crippen molar-refractivity contribution in [2.45, 2.75) is 169 Å². The number of fused-ring (bicyclic) bond motifs is 1. The summed E-state index contributed by atoms with van der Waals surface area (Å²) in [6.45, 7) is 24.2. The van der Waals surface area contributed by atoms with Crippen molar-refractivity contribution >= 4 is 17.6 Å². The third-order valence-electron chi connectivity index (χ3n) is 11.1. The highest BCUT2D eigenvalue weighted by molar-refractivity contribution is 5.98. The summed E-state index contributed by atoms with van der Waals surface area (Å²) >= 11 is 0. The molecule has 58 heavy (non-hydrogen) atoms. The van der Waals surface area contributed by atoms with Crippen molar-refractivity contribution in [3.63, 3.8) is 0 Å². The van der Waals surface area contributed by atoms with Crippen LogP contribution in [0.15, 0.2) is 58.3 Å². The molecule has 3 rings (SSSR count). The van der Waals surface area contributed by atoms with Gasteiger partial charge in [-0.25, -0.2) is 5.06 Å². The van der Waals surface area contributed by atoms with Gasteiger partial charge in [0.15, 0.2) is 0 Å². The summed E-state index contributed by atoms with van der Waals surface area (Å²) in [5.74, 6) is 0.642. The molecular formula is C48H81N7O3. The maximum atomic E-state index is 13.4. The molecule has 1 aromatic rings. The first-order valence-corrected chi connectivity index (χ1v) is 22.2. The van der Waals surface area contributed by atoms with Gasteiger partial charge in [-0.3, -0.25) is 19.4 Å². The Morgan fingerprint density at radius 3 is 2.33 bits per heavy atom. The number of unbranched alkanes of at least 4 members (excludes halogenated alkanes) is 2. The normalized spacial score (nSPS) is 19.0. The van der Waals surface area contributed by atoms with Crippen molar-refractivity contribution in [2.75, 3.05) is 41.3 Å². The molecule has 0 spiro atoms. The molecule has 326 valence electrons. The van der Waals surface area contributed by atoms with E-state index in [0.29, 0.717) is 18.5 Å². The van der Waals surface area contributed by atoms with Crippen LogP contribution in [0.3, 0.4) is 0 Å². The average Bonchev–Trinajstić information content (AvgIpc) is 3.68. The number of aliphatic imine (C=N–C) groups is 1. The lowest BCUT2D eigenvalue weighted by atomic mass is 9.65. The Morgan fingerprint density at radius 1 is 1.10 bits per heavy atom. The Kier molecular flexibility index (Phi) is 24.9. The van der Waals surface area contributed by atoms with E-state index in [0.717, 1.165) is 80.4 Å². The minimum Gasteiger partial charge on any atom is -0.392 e. The zero-order chi connectivity index (χ0) is 43.8. The first-order valence-electron chi connectivity index (χ1n) is 22.2. The molecule has 2 amide bonds. The maximum Gasteiger partial charge on any atom is 0.251 e. The zero-order valence-electron chi connectivity index (χ0n) is 38.9. The van der Waals surface area contributed by atoms with Crippen molar-refractivity contribution in [3.8, 4) is 6.07 Å². The summed E-state index contributed by atoms with van der Waals surface area (Å²) < 4.78 is 0. The molecule has 1 aliphatic carbocycles. The van der Waals surface area contributed by atoms with Gasteiger partial charge in [0.2, 0.25) is 5.91 Å². The average molecular weight is 804 g/mol. The molecular weight excluding hydrogens is 723 g/mol. The molecule has 0 saturated carbocycles. The second kappa shape index (κ2) is 27.7. The van der Waals surface area contributed by atoms with Crippen LogP contribution in [0.5, 0.6) is 0 Å². The number of hydrogen-bond donors (Lipinski definition) is 3. The number of nitriles is 1. The number of amidine groups is 1. The van der Waals surface area contributed by atoms with E-state index < -0.39 is 5.41 Å². The molecule has 10 nitrogen and oxygen atoms in total. The predicted octanol–water partition coefficient (Wildman–Crippen LogP) is 9.58. The minimum atomic E-state index is -0.764. The lowest BCUT2D eigenvalue weighted by Crippen LogP contribution is -2.54. The monoisotopic (exact) mass is 804 g/mol. The Hall–Kier alpha value is -3.94. The van der Waals surface area contributed by atoms with Gasteiger partial charge in [-0.2, -0.15) is 5.26 Å². The summed E-state index contributed by atoms with van der Waals surface area (Å²) in [7, 11) is 7.13. The van der Waals surface area contributed by atoms with Gasteiger partial charge < -0.3 is 20.9 Å². The van der Waals surface area contributed by atoms with Crippen LogP contribution >= 0.6 is 0 Å². The molecule has 3 unspecified atom stereocenters. The van der Waals surface area contributed by atoms with E-state index in [1.165, 1.54) is 36.0 Å². The topological polar surface area (TPSA) is 122 Å². The number of likely N-dealkylation sites (tertiary alicyclic amines) is 1. The number of carbonyl (C=O) groups is 2. The number of hydroxylamine groups is 2. The largest absolute Gasteiger partial charge is 0.392 e. The molecule has 4 atom stereocenters. The molecule has 3 N–H and O–H groups in total. The van der Waals surface area contributed by atoms with Gasteiger partial charge in [0.05, 0.1) is 31.2 Å². The fourth-order valence-corrected chi connectivity index (χ4v) is 8.43. The quantitative estimate of drug-likeness (QED) is 0.0724. The molecule has 1 aromatic carbocycles. The Balaban J connectivity index is 0.00000222. The van der Waals surface area contributed by atoms with Crippen molar-refractivity contribution in [3.05, 3.63) is 70.0 Å². The summed E-state index contributed by atoms with van der Waals surface area (Å²) in [5.41, 5.74) is 6.76. The van der Waals surface area contributed by atoms with Crippen LogP contribution in [-0.4, -0.2) is 87.1 Å². The number of nitrogens with zero attached hydrogens (tertiary/aromatic N) is 4. The second-order valence-corrected chi connectivity index (χ2v) is 15.5. The SMILES string of the molecule is C=C(C/C(C)=C/C1=C(CCC)C(C[C@@H](C)NCC(=O)N2CCCC2C#N)(C(=NC)N(OC)C(C)CCC)c2ccc(C(=O)NC)cc2CC1)NC.CC.CCCCC. The Morgan fingerprint density at radius 2 is 1.79 bits per heavy atom. The van der Waals surface area contributed by atoms with Crippen LogP contribution in [0.4, 0.5) is 0 Å². The fourth-order valence-electron chi connectivity index (χ4n) is 8.43. The third kappa shape index (κ3) is 14.1. The van der Waals surface area contributed by atoms with E-state index in [9.17, 15) is 14.9 Å². The van der Waals surface area contributed by atoms with E-state index in [1.54, 1.807) is 19.1 Å². The molecule has 0 aromatic heterocycles. The summed E-state index contributed by atoms with van der Waals surface area (Å²) in [4.78, 5) is 39.5. The van der Waals surface area contributed by atoms with Crippen molar-refractivity contribution in [1.82, 2.24) is 25.9 Å². The van der Waals surface area contributed by atoms with E-state index in [1.807, 2.05) is 45.1 Å². The number of amides is 2. The van der Waals surface area contributed by atoms with Crippen LogP contribution in [0.25, 0.3) is 0 Å².